The third kappa shape index (κ3) is 4.21. The van der Waals surface area contributed by atoms with Crippen molar-refractivity contribution in [1.29, 1.82) is 0 Å². The van der Waals surface area contributed by atoms with E-state index < -0.39 is 23.6 Å². The highest BCUT2D eigenvalue weighted by Crippen LogP contribution is 2.30. The summed E-state index contributed by atoms with van der Waals surface area (Å²) in [5.41, 5.74) is 0.499. The lowest BCUT2D eigenvalue weighted by molar-refractivity contribution is -0.123. The predicted molar refractivity (Wildman–Crippen MR) is 101 cm³/mol. The van der Waals surface area contributed by atoms with Crippen molar-refractivity contribution >= 4 is 41.2 Å². The number of methoxy groups -OCH3 is 1. The smallest absolute Gasteiger partial charge is 0.343 e. The summed E-state index contributed by atoms with van der Waals surface area (Å²) in [6, 6.07) is 9.38. The van der Waals surface area contributed by atoms with Crippen LogP contribution in [0.5, 0.6) is 11.5 Å². The molecule has 3 rings (SSSR count). The number of nitrogens with one attached hydrogen (secondary N) is 2. The summed E-state index contributed by atoms with van der Waals surface area (Å²) in [5.74, 6) is -2.08. The van der Waals surface area contributed by atoms with Gasteiger partial charge in [0.15, 0.2) is 16.6 Å². The van der Waals surface area contributed by atoms with Gasteiger partial charge < -0.3 is 9.47 Å². The Morgan fingerprint density at radius 1 is 1.04 bits per heavy atom. The lowest BCUT2D eigenvalue weighted by Gasteiger charge is -2.16. The van der Waals surface area contributed by atoms with Gasteiger partial charge in [-0.1, -0.05) is 6.07 Å². The summed E-state index contributed by atoms with van der Waals surface area (Å²) in [5, 5.41) is 4.60. The topological polar surface area (TPSA) is 93.7 Å². The fraction of sp³-hybridized carbons (Fsp3) is 0.0526. The van der Waals surface area contributed by atoms with Crippen LogP contribution in [0.15, 0.2) is 48.0 Å². The molecule has 0 bridgehead atoms. The highest BCUT2D eigenvalue weighted by atomic mass is 32.1. The Bertz CT molecular complexity index is 995. The first-order chi connectivity index (χ1) is 13.4. The highest BCUT2D eigenvalue weighted by molar-refractivity contribution is 7.80. The summed E-state index contributed by atoms with van der Waals surface area (Å²) in [6.45, 7) is 0. The molecule has 1 aliphatic heterocycles. The van der Waals surface area contributed by atoms with Crippen LogP contribution in [-0.2, 0) is 9.59 Å². The van der Waals surface area contributed by atoms with Crippen molar-refractivity contribution in [1.82, 2.24) is 10.6 Å². The maximum Gasteiger partial charge on any atom is 0.343 e. The van der Waals surface area contributed by atoms with Gasteiger partial charge in [0, 0.05) is 0 Å². The number of carbonyl (C=O) groups is 3. The molecule has 1 fully saturated rings. The molecule has 0 spiro atoms. The standard InChI is InChI=1S/C19H13FN2O5S/c1-26-15-9-10(8-13-16(23)21-19(28)22-17(13)24)2-7-14(15)27-18(25)11-3-5-12(20)6-4-11/h2-9H,1H3,(H2,21,22,23,24,28). The van der Waals surface area contributed by atoms with Gasteiger partial charge in [0.05, 0.1) is 12.7 Å². The molecular formula is C19H13FN2O5S. The quantitative estimate of drug-likeness (QED) is 0.268. The van der Waals surface area contributed by atoms with Gasteiger partial charge in [-0.25, -0.2) is 9.18 Å². The third-order valence-corrected chi connectivity index (χ3v) is 3.93. The number of hydrogen-bond acceptors (Lipinski definition) is 6. The largest absolute Gasteiger partial charge is 0.493 e. The monoisotopic (exact) mass is 400 g/mol. The average Bonchev–Trinajstić information content (AvgIpc) is 2.66. The zero-order valence-corrected chi connectivity index (χ0v) is 15.3. The second kappa shape index (κ2) is 7.97. The van der Waals surface area contributed by atoms with Crippen molar-refractivity contribution in [2.75, 3.05) is 7.11 Å². The summed E-state index contributed by atoms with van der Waals surface area (Å²) in [4.78, 5) is 36.0. The van der Waals surface area contributed by atoms with Crippen LogP contribution >= 0.6 is 12.2 Å². The van der Waals surface area contributed by atoms with Crippen molar-refractivity contribution in [3.05, 3.63) is 65.0 Å². The molecule has 9 heteroatoms. The van der Waals surface area contributed by atoms with Gasteiger partial charge in [0.2, 0.25) is 0 Å². The fourth-order valence-corrected chi connectivity index (χ4v) is 2.56. The van der Waals surface area contributed by atoms with Crippen LogP contribution in [0.1, 0.15) is 15.9 Å². The lowest BCUT2D eigenvalue weighted by Crippen LogP contribution is -2.51. The molecule has 28 heavy (non-hydrogen) atoms. The Kier molecular flexibility index (Phi) is 5.46. The number of hydrogen-bond donors (Lipinski definition) is 2. The Hall–Kier alpha value is -3.59. The first kappa shape index (κ1) is 19.2. The molecule has 7 nitrogen and oxygen atoms in total. The Morgan fingerprint density at radius 3 is 2.29 bits per heavy atom. The minimum atomic E-state index is -0.691. The maximum absolute atomic E-state index is 13.0. The molecule has 0 aromatic heterocycles. The number of rotatable bonds is 4. The first-order valence-electron chi connectivity index (χ1n) is 7.91. The van der Waals surface area contributed by atoms with Gasteiger partial charge in [0.25, 0.3) is 11.8 Å². The van der Waals surface area contributed by atoms with Gasteiger partial charge in [0.1, 0.15) is 11.4 Å². The third-order valence-electron chi connectivity index (χ3n) is 3.72. The Balaban J connectivity index is 1.84. The number of esters is 1. The second-order valence-electron chi connectivity index (χ2n) is 5.60. The molecular weight excluding hydrogens is 387 g/mol. The van der Waals surface area contributed by atoms with E-state index in [1.807, 2.05) is 0 Å². The summed E-state index contributed by atoms with van der Waals surface area (Å²) < 4.78 is 23.5. The van der Waals surface area contributed by atoms with E-state index >= 15 is 0 Å². The van der Waals surface area contributed by atoms with E-state index in [-0.39, 0.29) is 27.7 Å². The van der Waals surface area contributed by atoms with Crippen LogP contribution in [0.2, 0.25) is 0 Å². The Morgan fingerprint density at radius 2 is 1.68 bits per heavy atom. The van der Waals surface area contributed by atoms with E-state index in [1.54, 1.807) is 0 Å². The van der Waals surface area contributed by atoms with Gasteiger partial charge in [-0.2, -0.15) is 0 Å². The number of thiocarbonyl (C=S) groups is 1. The number of ether oxygens (including phenoxy) is 2. The highest BCUT2D eigenvalue weighted by Gasteiger charge is 2.25. The molecule has 0 atom stereocenters. The molecule has 2 aromatic rings. The minimum Gasteiger partial charge on any atom is -0.493 e. The van der Waals surface area contributed by atoms with Gasteiger partial charge in [-0.15, -0.1) is 0 Å². The van der Waals surface area contributed by atoms with Crippen molar-refractivity contribution in [2.24, 2.45) is 0 Å². The molecule has 1 heterocycles. The van der Waals surface area contributed by atoms with Gasteiger partial charge in [-0.05, 0) is 60.3 Å². The number of benzene rings is 2. The Labute approximate surface area is 164 Å². The zero-order chi connectivity index (χ0) is 20.3. The number of halogens is 1. The fourth-order valence-electron chi connectivity index (χ4n) is 2.38. The van der Waals surface area contributed by atoms with E-state index in [0.29, 0.717) is 5.56 Å². The van der Waals surface area contributed by atoms with E-state index in [9.17, 15) is 18.8 Å². The van der Waals surface area contributed by atoms with Gasteiger partial charge >= 0.3 is 5.97 Å². The molecule has 2 amide bonds. The van der Waals surface area contributed by atoms with E-state index in [1.165, 1.54) is 43.5 Å². The van der Waals surface area contributed by atoms with Crippen molar-refractivity contribution < 1.29 is 28.2 Å². The average molecular weight is 400 g/mol. The van der Waals surface area contributed by atoms with Crippen molar-refractivity contribution in [2.45, 2.75) is 0 Å². The molecule has 2 N–H and O–H groups in total. The molecule has 0 aliphatic carbocycles. The van der Waals surface area contributed by atoms with Crippen LogP contribution < -0.4 is 20.1 Å². The van der Waals surface area contributed by atoms with Crippen LogP contribution in [-0.4, -0.2) is 30.0 Å². The van der Waals surface area contributed by atoms with Crippen molar-refractivity contribution in [3.63, 3.8) is 0 Å². The molecule has 0 radical (unpaired) electrons. The van der Waals surface area contributed by atoms with Crippen LogP contribution in [0.4, 0.5) is 4.39 Å². The van der Waals surface area contributed by atoms with Crippen molar-refractivity contribution in [3.8, 4) is 11.5 Å². The second-order valence-corrected chi connectivity index (χ2v) is 6.01. The molecule has 1 aliphatic rings. The zero-order valence-electron chi connectivity index (χ0n) is 14.4. The van der Waals surface area contributed by atoms with E-state index in [0.717, 1.165) is 12.1 Å². The van der Waals surface area contributed by atoms with Crippen LogP contribution in [0.25, 0.3) is 6.08 Å². The molecule has 1 saturated heterocycles. The van der Waals surface area contributed by atoms with E-state index in [2.05, 4.69) is 10.6 Å². The summed E-state index contributed by atoms with van der Waals surface area (Å²) in [6.07, 6.45) is 1.35. The van der Waals surface area contributed by atoms with E-state index in [4.69, 9.17) is 21.7 Å². The number of carbonyl (C=O) groups excluding carboxylic acids is 3. The SMILES string of the molecule is COc1cc(C=C2C(=O)NC(=S)NC2=O)ccc1OC(=O)c1ccc(F)cc1. The maximum atomic E-state index is 13.0. The molecule has 142 valence electrons. The first-order valence-corrected chi connectivity index (χ1v) is 8.32. The normalized spacial score (nSPS) is 13.5. The molecule has 0 unspecified atom stereocenters. The molecule has 2 aromatic carbocycles. The van der Waals surface area contributed by atoms with Gasteiger partial charge in [-0.3, -0.25) is 20.2 Å². The van der Waals surface area contributed by atoms with Crippen LogP contribution in [0.3, 0.4) is 0 Å². The summed E-state index contributed by atoms with van der Waals surface area (Å²) in [7, 11) is 1.37. The van der Waals surface area contributed by atoms with Crippen LogP contribution in [0, 0.1) is 5.82 Å². The predicted octanol–water partition coefficient (Wildman–Crippen LogP) is 1.97. The minimum absolute atomic E-state index is 0.0622. The molecule has 0 saturated carbocycles. The summed E-state index contributed by atoms with van der Waals surface area (Å²) >= 11 is 4.74. The lowest BCUT2D eigenvalue weighted by atomic mass is 10.1. The number of amides is 2.